The zero-order valence-corrected chi connectivity index (χ0v) is 48.4. The minimum atomic E-state index is -4.77. The van der Waals surface area contributed by atoms with Gasteiger partial charge >= 0.3 is 30.6 Å². The van der Waals surface area contributed by atoms with Crippen molar-refractivity contribution in [3.8, 4) is 0 Å². The first kappa shape index (κ1) is 67.4. The van der Waals surface area contributed by atoms with Crippen LogP contribution in [0.25, 0.3) is 0 Å². The number of nitrogens with zero attached hydrogens (tertiary/aromatic N) is 3. The van der Waals surface area contributed by atoms with E-state index in [-0.39, 0.29) is 43.1 Å². The van der Waals surface area contributed by atoms with Gasteiger partial charge in [0.1, 0.15) is 30.3 Å². The van der Waals surface area contributed by atoms with Crippen molar-refractivity contribution < 1.29 is 92.5 Å². The molecule has 5 aromatic carbocycles. The number of fused-ring (bicyclic) bond motifs is 6. The molecule has 3 spiro atoms. The predicted octanol–water partition coefficient (Wildman–Crippen LogP) is 9.37. The number of alkyl halides is 7. The Morgan fingerprint density at radius 3 is 1.39 bits per heavy atom. The van der Waals surface area contributed by atoms with E-state index in [1.165, 1.54) is 31.2 Å². The molecule has 474 valence electrons. The molecule has 3 heterocycles. The highest BCUT2D eigenvalue weighted by molar-refractivity contribution is 9.09. The number of hydrogen-bond donors (Lipinski definition) is 5. The quantitative estimate of drug-likeness (QED) is 0.0377. The zero-order valence-electron chi connectivity index (χ0n) is 46.8. The number of aryl methyl sites for hydroxylation is 3. The third kappa shape index (κ3) is 14.2. The van der Waals surface area contributed by atoms with Gasteiger partial charge in [-0.2, -0.15) is 26.3 Å². The number of nitrogens with one attached hydrogen (secondary N) is 3. The van der Waals surface area contributed by atoms with Gasteiger partial charge in [-0.05, 0) is 122 Å². The van der Waals surface area contributed by atoms with E-state index in [0.717, 1.165) is 60.4 Å². The average Bonchev–Trinajstić information content (AvgIpc) is 1.65. The van der Waals surface area contributed by atoms with Crippen LogP contribution in [-0.4, -0.2) is 105 Å². The Hall–Kier alpha value is -9.15. The summed E-state index contributed by atoms with van der Waals surface area (Å²) in [7, 11) is 0. The lowest BCUT2D eigenvalue weighted by Crippen LogP contribution is -2.51. The summed E-state index contributed by atoms with van der Waals surface area (Å²) < 4.78 is 120. The Labute approximate surface area is 511 Å². The third-order valence-corrected chi connectivity index (χ3v) is 15.9. The molecule has 20 nitrogen and oxygen atoms in total. The van der Waals surface area contributed by atoms with Gasteiger partial charge in [0, 0.05) is 73.0 Å². The van der Waals surface area contributed by atoms with Gasteiger partial charge in [-0.15, -0.1) is 0 Å². The van der Waals surface area contributed by atoms with Crippen molar-refractivity contribution in [1.29, 1.82) is 0 Å². The maximum absolute atomic E-state index is 13.5. The van der Waals surface area contributed by atoms with Crippen LogP contribution in [0.3, 0.4) is 0 Å². The smallest absolute Gasteiger partial charge is 0.418 e. The number of halogens is 9. The topological polar surface area (TPSA) is 279 Å². The van der Waals surface area contributed by atoms with Gasteiger partial charge < -0.3 is 40.8 Å². The van der Waals surface area contributed by atoms with Crippen molar-refractivity contribution in [3.05, 3.63) is 159 Å². The molecule has 3 aliphatic heterocycles. The Bertz CT molecular complexity index is 3620. The summed E-state index contributed by atoms with van der Waals surface area (Å²) in [6.07, 6.45) is -8.96. The predicted molar refractivity (Wildman–Crippen MR) is 305 cm³/mol. The molecule has 3 aliphatic carbocycles. The normalized spacial score (nSPS) is 20.6. The number of nitrogen functional groups attached to an aromatic ring is 2. The fourth-order valence-corrected chi connectivity index (χ4v) is 11.2. The lowest BCUT2D eigenvalue weighted by atomic mass is 9.94. The highest BCUT2D eigenvalue weighted by Gasteiger charge is 2.59. The molecule has 5 aromatic rings. The number of anilines is 3. The van der Waals surface area contributed by atoms with Gasteiger partial charge in [0.25, 0.3) is 17.7 Å². The Morgan fingerprint density at radius 2 is 1.00 bits per heavy atom. The third-order valence-electron chi connectivity index (χ3n) is 15.5. The number of benzene rings is 5. The average molecular weight is 1320 g/mol. The molecule has 3 saturated heterocycles. The fourth-order valence-electron chi connectivity index (χ4n) is 10.9. The van der Waals surface area contributed by atoms with E-state index in [1.54, 1.807) is 42.5 Å². The summed E-state index contributed by atoms with van der Waals surface area (Å²) in [6, 6.07) is 20.8. The molecular weight excluding hydrogens is 1260 g/mol. The van der Waals surface area contributed by atoms with Crippen LogP contribution in [0.1, 0.15) is 92.0 Å². The second kappa shape index (κ2) is 26.3. The molecule has 11 rings (SSSR count). The maximum atomic E-state index is 13.5. The number of carbonyl (C=O) groups excluding carboxylic acids is 9. The van der Waals surface area contributed by atoms with Crippen LogP contribution < -0.4 is 27.4 Å². The van der Waals surface area contributed by atoms with Crippen molar-refractivity contribution in [2.24, 2.45) is 0 Å². The van der Waals surface area contributed by atoms with Crippen molar-refractivity contribution in [2.75, 3.05) is 28.7 Å². The second-order valence-electron chi connectivity index (χ2n) is 21.2. The van der Waals surface area contributed by atoms with E-state index in [0.29, 0.717) is 80.6 Å². The molecular formula is C60H59BrF8N8O12. The number of carbonyl (C=O) groups is 9. The lowest BCUT2D eigenvalue weighted by molar-refractivity contribution is -0.187. The zero-order chi connectivity index (χ0) is 64.4. The molecule has 6 aliphatic rings. The van der Waals surface area contributed by atoms with Gasteiger partial charge in [-0.25, -0.2) is 28.1 Å². The van der Waals surface area contributed by atoms with Gasteiger partial charge in [0.05, 0.1) is 5.33 Å². The molecule has 0 saturated carbocycles. The Kier molecular flexibility index (Phi) is 19.9. The van der Waals surface area contributed by atoms with Gasteiger partial charge in [0.15, 0.2) is 0 Å². The standard InChI is InChI=1S/C23H21F4N3O4.C13H12N2O4.C12H12BrF4NO.C11H10N2O3.CH4/c1-13(23(25,26)27)29(11-14-2-4-16(24)5-3-14)19(31)12-30-20(32)22(34-21(30)33)9-8-15-10-17(28)6-7-18(15)22;1-7(16)14-9-2-3-10-8(6-9)4-5-13(10)11(17)15-12(18)19-13;1-8(12(15,16)17)18(11(19)6-13)7-9-2-4-10(14)5-3-9;12-7-1-2-8-6(5-7)3-4-11(8)9(14)13-10(15)16-11;/h2-7,10,13H,8-9,11-12,28H2,1H3;2-3,6H,4-5H2,1H3,(H,14,16)(H,15,17,18);2-5,8H,6-7H2,1H3;1-2,5H,3-4,12H2,(H,13,14,15);1H4/t13-,22+;13-;8-;11-;/m0101./s1. The highest BCUT2D eigenvalue weighted by atomic mass is 79.9. The van der Waals surface area contributed by atoms with Gasteiger partial charge in [-0.3, -0.25) is 39.4 Å². The van der Waals surface area contributed by atoms with Crippen LogP contribution in [0.5, 0.6) is 0 Å². The first-order chi connectivity index (χ1) is 41.3. The van der Waals surface area contributed by atoms with E-state index in [4.69, 9.17) is 25.7 Å². The first-order valence-electron chi connectivity index (χ1n) is 26.9. The van der Waals surface area contributed by atoms with Crippen molar-refractivity contribution >= 4 is 86.7 Å². The molecule has 5 atom stereocenters. The maximum Gasteiger partial charge on any atom is 0.418 e. The number of alkyl carbamates (subject to hydrolysis) is 2. The van der Waals surface area contributed by atoms with Gasteiger partial charge in [0.2, 0.25) is 34.5 Å². The van der Waals surface area contributed by atoms with Crippen molar-refractivity contribution in [3.63, 3.8) is 0 Å². The number of rotatable bonds is 10. The lowest BCUT2D eigenvalue weighted by Gasteiger charge is -2.31. The summed E-state index contributed by atoms with van der Waals surface area (Å²) in [4.78, 5) is 109. The van der Waals surface area contributed by atoms with Crippen LogP contribution in [0.15, 0.2) is 103 Å². The molecule has 0 aromatic heterocycles. The van der Waals surface area contributed by atoms with Gasteiger partial charge in [-0.1, -0.05) is 65.8 Å². The molecule has 29 heteroatoms. The summed E-state index contributed by atoms with van der Waals surface area (Å²) in [5.41, 5.74) is 14.5. The Balaban J connectivity index is 0.000000177. The van der Waals surface area contributed by atoms with E-state index in [2.05, 4.69) is 31.9 Å². The molecule has 89 heavy (non-hydrogen) atoms. The second-order valence-corrected chi connectivity index (χ2v) is 21.7. The minimum Gasteiger partial charge on any atom is -0.427 e. The Morgan fingerprint density at radius 1 is 0.607 bits per heavy atom. The summed E-state index contributed by atoms with van der Waals surface area (Å²) in [5, 5.41) is 6.83. The number of amides is 9. The molecule has 0 bridgehead atoms. The number of nitrogens with two attached hydrogens (primary N) is 2. The number of imide groups is 3. The summed E-state index contributed by atoms with van der Waals surface area (Å²) in [5.74, 6) is -4.59. The molecule has 9 amide bonds. The first-order valence-corrected chi connectivity index (χ1v) is 28.0. The van der Waals surface area contributed by atoms with E-state index in [1.807, 2.05) is 12.1 Å². The summed E-state index contributed by atoms with van der Waals surface area (Å²) in [6.45, 7) is 1.51. The largest absolute Gasteiger partial charge is 0.427 e. The number of ether oxygens (including phenoxy) is 3. The van der Waals surface area contributed by atoms with Crippen molar-refractivity contribution in [1.82, 2.24) is 25.3 Å². The van der Waals surface area contributed by atoms with Crippen molar-refractivity contribution in [2.45, 2.75) is 121 Å². The summed E-state index contributed by atoms with van der Waals surface area (Å²) >= 11 is 2.86. The molecule has 0 unspecified atom stereocenters. The number of hydrogen-bond acceptors (Lipinski definition) is 14. The highest BCUT2D eigenvalue weighted by Crippen LogP contribution is 2.47. The minimum absolute atomic E-state index is 0. The van der Waals surface area contributed by atoms with Crippen LogP contribution in [-0.2, 0) is 92.1 Å². The molecule has 0 radical (unpaired) electrons. The SMILES string of the molecule is C.CC(=O)Nc1ccc2c(c1)CC[C@@]21OC(=O)NC1=O.C[C@H](N(Cc1ccc(F)cc1)C(=O)CBr)C(F)(F)F.C[C@H](N(Cc1ccc(F)cc1)C(=O)CN1C(=O)O[C@@]2(CCc3cc(N)ccc32)C1=O)C(F)(F)F.Nc1ccc2c(c1)CC[C@@]21OC(=O)NC1=O. The fraction of sp³-hybridized carbons (Fsp3) is 0.350. The van der Waals surface area contributed by atoms with E-state index < -0.39 is 108 Å². The molecule has 3 fully saturated rings. The van der Waals surface area contributed by atoms with Crippen LogP contribution in [0.2, 0.25) is 0 Å². The van der Waals surface area contributed by atoms with Crippen LogP contribution >= 0.6 is 15.9 Å². The van der Waals surface area contributed by atoms with Crippen LogP contribution in [0.4, 0.5) is 66.6 Å². The molecule has 7 N–H and O–H groups in total. The van der Waals surface area contributed by atoms with E-state index in [9.17, 15) is 78.3 Å². The van der Waals surface area contributed by atoms with Crippen LogP contribution in [0, 0.1) is 11.6 Å². The monoisotopic (exact) mass is 1310 g/mol. The van der Waals surface area contributed by atoms with E-state index >= 15 is 0 Å².